The minimum Gasteiger partial charge on any atom is -0.462 e. The number of nitrogens with zero attached hydrogens (tertiary/aromatic N) is 5. The Morgan fingerprint density at radius 2 is 1.78 bits per heavy atom. The SMILES string of the molecule is Cc1cc2[nH]ncc2c(-c2c(F)cc3c(N4CC5CC[C@@](C)(C4)N5C(=O)OC(C)(C)C)nc(OCC4(COCc5ccccc5)CC4(O)F)nc3c2F)c1C(F)(F)F. The zero-order valence-corrected chi connectivity index (χ0v) is 32.4. The van der Waals surface area contributed by atoms with Crippen molar-refractivity contribution in [1.82, 2.24) is 25.1 Å². The second-order valence-corrected chi connectivity index (χ2v) is 16.9. The van der Waals surface area contributed by atoms with Crippen molar-refractivity contribution in [1.29, 1.82) is 0 Å². The van der Waals surface area contributed by atoms with E-state index in [0.717, 1.165) is 17.8 Å². The second-order valence-electron chi connectivity index (χ2n) is 16.9. The molecule has 3 unspecified atom stereocenters. The monoisotopic (exact) mass is 812 g/mol. The third-order valence-electron chi connectivity index (χ3n) is 11.4. The van der Waals surface area contributed by atoms with Crippen molar-refractivity contribution >= 4 is 33.7 Å². The first-order valence-electron chi connectivity index (χ1n) is 18.9. The van der Waals surface area contributed by atoms with Gasteiger partial charge in [0.05, 0.1) is 53.0 Å². The van der Waals surface area contributed by atoms with Crippen LogP contribution in [0, 0.1) is 24.0 Å². The van der Waals surface area contributed by atoms with Crippen LogP contribution in [0.5, 0.6) is 6.01 Å². The number of aromatic amines is 1. The number of rotatable bonds is 9. The molecule has 0 spiro atoms. The molecule has 8 rings (SSSR count). The predicted molar refractivity (Wildman–Crippen MR) is 201 cm³/mol. The van der Waals surface area contributed by atoms with E-state index in [4.69, 9.17) is 14.2 Å². The van der Waals surface area contributed by atoms with Crippen LogP contribution in [-0.2, 0) is 22.3 Å². The highest BCUT2D eigenvalue weighted by Gasteiger charge is 2.70. The van der Waals surface area contributed by atoms with Gasteiger partial charge in [-0.15, -0.1) is 0 Å². The minimum absolute atomic E-state index is 0.0132. The van der Waals surface area contributed by atoms with Gasteiger partial charge in [-0.2, -0.15) is 28.2 Å². The van der Waals surface area contributed by atoms with E-state index in [2.05, 4.69) is 20.2 Å². The van der Waals surface area contributed by atoms with E-state index >= 15 is 13.2 Å². The van der Waals surface area contributed by atoms with Gasteiger partial charge >= 0.3 is 18.3 Å². The van der Waals surface area contributed by atoms with Crippen molar-refractivity contribution in [2.75, 3.05) is 31.2 Å². The lowest BCUT2D eigenvalue weighted by Crippen LogP contribution is -2.63. The molecule has 3 aromatic carbocycles. The topological polar surface area (TPSA) is 126 Å². The number of hydrogen-bond acceptors (Lipinski definition) is 9. The third kappa shape index (κ3) is 6.95. The maximum absolute atomic E-state index is 17.2. The summed E-state index contributed by atoms with van der Waals surface area (Å²) in [6.07, 6.45) is -3.66. The highest BCUT2D eigenvalue weighted by atomic mass is 19.4. The van der Waals surface area contributed by atoms with Crippen LogP contribution in [0.4, 0.5) is 37.0 Å². The average molecular weight is 813 g/mol. The van der Waals surface area contributed by atoms with Gasteiger partial charge in [-0.05, 0) is 70.7 Å². The number of anilines is 1. The number of hydrogen-bond donors (Lipinski definition) is 2. The van der Waals surface area contributed by atoms with Crippen molar-refractivity contribution in [2.24, 2.45) is 5.41 Å². The molecule has 11 nitrogen and oxygen atoms in total. The summed E-state index contributed by atoms with van der Waals surface area (Å²) in [5.41, 5.74) is -6.04. The van der Waals surface area contributed by atoms with Crippen molar-refractivity contribution < 1.29 is 50.5 Å². The molecule has 1 saturated carbocycles. The molecule has 308 valence electrons. The smallest absolute Gasteiger partial charge is 0.417 e. The van der Waals surface area contributed by atoms with E-state index in [1.807, 2.05) is 37.3 Å². The normalized spacial score (nSPS) is 24.5. The molecule has 4 atom stereocenters. The molecular weight excluding hydrogens is 770 g/mol. The molecule has 58 heavy (non-hydrogen) atoms. The number of carbonyl (C=O) groups is 1. The van der Waals surface area contributed by atoms with E-state index in [1.165, 1.54) is 13.0 Å². The van der Waals surface area contributed by atoms with Crippen LogP contribution in [0.15, 0.2) is 48.7 Å². The van der Waals surface area contributed by atoms with Crippen LogP contribution in [0.3, 0.4) is 0 Å². The van der Waals surface area contributed by atoms with Crippen LogP contribution < -0.4 is 9.64 Å². The van der Waals surface area contributed by atoms with Gasteiger partial charge in [-0.25, -0.2) is 18.0 Å². The Balaban J connectivity index is 1.22. The van der Waals surface area contributed by atoms with Gasteiger partial charge in [0.15, 0.2) is 5.82 Å². The summed E-state index contributed by atoms with van der Waals surface area (Å²) in [6.45, 7) is 7.94. The lowest BCUT2D eigenvalue weighted by molar-refractivity contribution is -0.137. The van der Waals surface area contributed by atoms with Crippen molar-refractivity contribution in [3.05, 3.63) is 77.0 Å². The number of alkyl halides is 4. The first-order valence-corrected chi connectivity index (χ1v) is 18.9. The highest BCUT2D eigenvalue weighted by molar-refractivity contribution is 6.01. The van der Waals surface area contributed by atoms with E-state index < -0.39 is 87.2 Å². The molecule has 3 aliphatic rings. The van der Waals surface area contributed by atoms with E-state index in [9.17, 15) is 23.1 Å². The number of aromatic nitrogens is 4. The van der Waals surface area contributed by atoms with Crippen LogP contribution >= 0.6 is 0 Å². The maximum atomic E-state index is 17.2. The Labute approximate surface area is 329 Å². The van der Waals surface area contributed by atoms with Crippen molar-refractivity contribution in [3.63, 3.8) is 0 Å². The molecule has 5 aromatic rings. The fourth-order valence-electron chi connectivity index (χ4n) is 8.52. The van der Waals surface area contributed by atoms with Gasteiger partial charge in [-0.3, -0.25) is 10.00 Å². The Kier molecular flexibility index (Phi) is 9.38. The highest BCUT2D eigenvalue weighted by Crippen LogP contribution is 2.58. The number of piperazine rings is 1. The predicted octanol–water partition coefficient (Wildman–Crippen LogP) is 8.40. The quantitative estimate of drug-likeness (QED) is 0.141. The first kappa shape index (κ1) is 39.7. The standard InChI is InChI=1S/C41H42F6N6O5/c1-22-13-28-26(15-48-51-28)29(31(22)41(45,46)47)30-27(42)14-25-33(32(30)43)49-35(57-21-39(18-40(39,44)55)20-56-17-23-9-7-6-8-10-23)50-34(25)52-16-24-11-12-38(5,19-52)53(24)36(54)58-37(2,3)4/h6-10,13-15,24,55H,11-12,16-21H2,1-5H3,(H,48,51)/t24?,38-,39?,40?/m0/s1. The Bertz CT molecular complexity index is 2420. The summed E-state index contributed by atoms with van der Waals surface area (Å²) in [4.78, 5) is 25.7. The molecule has 2 saturated heterocycles. The number of nitrogens with one attached hydrogen (secondary N) is 1. The van der Waals surface area contributed by atoms with Gasteiger partial charge in [0.25, 0.3) is 0 Å². The van der Waals surface area contributed by atoms with Gasteiger partial charge in [0.2, 0.25) is 5.85 Å². The van der Waals surface area contributed by atoms with Gasteiger partial charge in [0, 0.05) is 35.8 Å². The third-order valence-corrected chi connectivity index (χ3v) is 11.4. The summed E-state index contributed by atoms with van der Waals surface area (Å²) >= 11 is 0. The Morgan fingerprint density at radius 1 is 1.05 bits per heavy atom. The Hall–Kier alpha value is -5.16. The number of benzene rings is 3. The van der Waals surface area contributed by atoms with E-state index in [1.54, 1.807) is 30.6 Å². The molecule has 2 bridgehead atoms. The van der Waals surface area contributed by atoms with E-state index in [-0.39, 0.29) is 60.4 Å². The summed E-state index contributed by atoms with van der Waals surface area (Å²) in [7, 11) is 0. The molecule has 2 aliphatic heterocycles. The molecule has 2 N–H and O–H groups in total. The van der Waals surface area contributed by atoms with Gasteiger partial charge in [-0.1, -0.05) is 30.3 Å². The number of aryl methyl sites for hydroxylation is 1. The molecular formula is C41H42F6N6O5. The van der Waals surface area contributed by atoms with Crippen LogP contribution in [0.2, 0.25) is 0 Å². The fourth-order valence-corrected chi connectivity index (χ4v) is 8.52. The largest absolute Gasteiger partial charge is 0.462 e. The summed E-state index contributed by atoms with van der Waals surface area (Å²) in [5, 5.41) is 16.6. The first-order chi connectivity index (χ1) is 27.2. The number of amides is 1. The van der Waals surface area contributed by atoms with Crippen molar-refractivity contribution in [3.8, 4) is 17.1 Å². The molecule has 1 amide bonds. The number of H-pyrrole nitrogens is 1. The van der Waals surface area contributed by atoms with Gasteiger partial charge in [0.1, 0.15) is 29.4 Å². The number of carbonyl (C=O) groups excluding carboxylic acids is 1. The summed E-state index contributed by atoms with van der Waals surface area (Å²) in [6, 6.07) is 10.3. The van der Waals surface area contributed by atoms with E-state index in [0.29, 0.717) is 12.8 Å². The molecule has 4 heterocycles. The van der Waals surface area contributed by atoms with Gasteiger partial charge < -0.3 is 24.2 Å². The number of halogens is 6. The molecule has 1 aliphatic carbocycles. The van der Waals surface area contributed by atoms with Crippen LogP contribution in [-0.4, -0.2) is 85.6 Å². The minimum atomic E-state index is -5.02. The summed E-state index contributed by atoms with van der Waals surface area (Å²) in [5.74, 6) is -5.41. The molecule has 3 fully saturated rings. The zero-order valence-electron chi connectivity index (χ0n) is 32.4. The number of fused-ring (bicyclic) bond motifs is 4. The lowest BCUT2D eigenvalue weighted by atomic mass is 9.90. The maximum Gasteiger partial charge on any atom is 0.417 e. The Morgan fingerprint density at radius 3 is 2.43 bits per heavy atom. The average Bonchev–Trinajstić information content (AvgIpc) is 3.34. The van der Waals surface area contributed by atoms with Crippen LogP contribution in [0.25, 0.3) is 32.9 Å². The fraction of sp³-hybridized carbons (Fsp3) is 0.463. The number of aliphatic hydroxyl groups is 1. The second kappa shape index (κ2) is 13.7. The molecule has 2 aromatic heterocycles. The summed E-state index contributed by atoms with van der Waals surface area (Å²) < 4.78 is 111. The molecule has 0 radical (unpaired) electrons. The van der Waals surface area contributed by atoms with Crippen molar-refractivity contribution in [2.45, 2.75) is 89.7 Å². The lowest BCUT2D eigenvalue weighted by Gasteiger charge is -2.47. The molecule has 17 heteroatoms. The van der Waals surface area contributed by atoms with Crippen LogP contribution in [0.1, 0.15) is 63.6 Å². The zero-order chi connectivity index (χ0) is 41.6. The number of ether oxygens (including phenoxy) is 3.